The van der Waals surface area contributed by atoms with Crippen LogP contribution in [0.25, 0.3) is 5.65 Å². The van der Waals surface area contributed by atoms with Crippen molar-refractivity contribution in [2.45, 2.75) is 31.7 Å². The molecule has 1 saturated heterocycles. The van der Waals surface area contributed by atoms with E-state index in [0.717, 1.165) is 31.1 Å². The first-order valence-corrected chi connectivity index (χ1v) is 6.78. The van der Waals surface area contributed by atoms with Gasteiger partial charge in [0.1, 0.15) is 0 Å². The Morgan fingerprint density at radius 2 is 2.33 bits per heavy atom. The Bertz CT molecular complexity index is 527. The number of rotatable bonds is 4. The van der Waals surface area contributed by atoms with Crippen LogP contribution >= 0.6 is 11.6 Å². The first kappa shape index (κ1) is 11.6. The third kappa shape index (κ3) is 2.01. The minimum absolute atomic E-state index is 0.528. The summed E-state index contributed by atoms with van der Waals surface area (Å²) in [7, 11) is 0. The van der Waals surface area contributed by atoms with Gasteiger partial charge in [0.25, 0.3) is 0 Å². The van der Waals surface area contributed by atoms with Gasteiger partial charge in [0, 0.05) is 18.5 Å². The normalized spacial score (nSPS) is 19.8. The maximum Gasteiger partial charge on any atom is 0.199 e. The van der Waals surface area contributed by atoms with Crippen LogP contribution in [0.2, 0.25) is 0 Å². The van der Waals surface area contributed by atoms with Gasteiger partial charge in [0.15, 0.2) is 11.5 Å². The minimum atomic E-state index is 0.528. The average molecular weight is 267 g/mol. The van der Waals surface area contributed by atoms with E-state index in [4.69, 9.17) is 11.6 Å². The second kappa shape index (κ2) is 5.06. The summed E-state index contributed by atoms with van der Waals surface area (Å²) in [6, 6.07) is 0.528. The molecule has 0 radical (unpaired) electrons. The predicted molar refractivity (Wildman–Crippen MR) is 68.9 cm³/mol. The molecule has 0 spiro atoms. The average Bonchev–Trinajstić information content (AvgIpc) is 3.04. The fourth-order valence-corrected chi connectivity index (χ4v) is 2.76. The van der Waals surface area contributed by atoms with E-state index in [2.05, 4.69) is 25.4 Å². The van der Waals surface area contributed by atoms with E-state index in [9.17, 15) is 0 Å². The zero-order chi connectivity index (χ0) is 12.4. The van der Waals surface area contributed by atoms with Crippen LogP contribution in [0.4, 0.5) is 5.82 Å². The first-order chi connectivity index (χ1) is 8.90. The van der Waals surface area contributed by atoms with Gasteiger partial charge in [0.05, 0.1) is 12.4 Å². The number of alkyl halides is 1. The molecule has 2 aromatic rings. The zero-order valence-electron chi connectivity index (χ0n) is 10.0. The smallest absolute Gasteiger partial charge is 0.199 e. The van der Waals surface area contributed by atoms with Crippen molar-refractivity contribution in [2.24, 2.45) is 0 Å². The number of aromatic nitrogens is 5. The van der Waals surface area contributed by atoms with Gasteiger partial charge in [-0.15, -0.1) is 16.7 Å². The third-order valence-corrected chi connectivity index (χ3v) is 3.70. The van der Waals surface area contributed by atoms with Crippen molar-refractivity contribution in [3.63, 3.8) is 0 Å². The monoisotopic (exact) mass is 266 g/mol. The summed E-state index contributed by atoms with van der Waals surface area (Å²) in [6.07, 6.45) is 8.07. The van der Waals surface area contributed by atoms with Gasteiger partial charge < -0.3 is 4.90 Å². The number of fused-ring (bicyclic) bond motifs is 1. The van der Waals surface area contributed by atoms with Crippen molar-refractivity contribution in [3.05, 3.63) is 12.4 Å². The fourth-order valence-electron chi connectivity index (χ4n) is 2.61. The molecule has 1 atom stereocenters. The van der Waals surface area contributed by atoms with E-state index >= 15 is 0 Å². The Hall–Kier alpha value is -1.43. The van der Waals surface area contributed by atoms with Crippen molar-refractivity contribution < 1.29 is 0 Å². The highest BCUT2D eigenvalue weighted by molar-refractivity contribution is 6.17. The molecule has 0 amide bonds. The highest BCUT2D eigenvalue weighted by atomic mass is 35.5. The lowest BCUT2D eigenvalue weighted by Gasteiger charge is -2.26. The maximum absolute atomic E-state index is 5.78. The van der Waals surface area contributed by atoms with E-state index in [1.807, 2.05) is 6.20 Å². The second-order valence-corrected chi connectivity index (χ2v) is 4.91. The molecule has 0 N–H and O–H groups in total. The fraction of sp³-hybridized carbons (Fsp3) is 0.636. The number of nitrogens with zero attached hydrogens (tertiary/aromatic N) is 6. The molecule has 6 nitrogen and oxygen atoms in total. The number of hydrogen-bond acceptors (Lipinski definition) is 5. The van der Waals surface area contributed by atoms with Crippen LogP contribution in [-0.4, -0.2) is 43.5 Å². The Kier molecular flexibility index (Phi) is 3.27. The number of halogens is 1. The Balaban J connectivity index is 1.90. The van der Waals surface area contributed by atoms with Gasteiger partial charge in [-0.05, 0) is 36.1 Å². The molecule has 2 aromatic heterocycles. The van der Waals surface area contributed by atoms with E-state index in [1.165, 1.54) is 12.8 Å². The summed E-state index contributed by atoms with van der Waals surface area (Å²) in [5.41, 5.74) is 0.690. The van der Waals surface area contributed by atoms with Crippen molar-refractivity contribution in [1.82, 2.24) is 25.0 Å². The molecular weight excluding hydrogens is 252 g/mol. The first-order valence-electron chi connectivity index (χ1n) is 6.25. The molecule has 7 heteroatoms. The van der Waals surface area contributed by atoms with Gasteiger partial charge in [-0.25, -0.2) is 0 Å². The molecule has 1 unspecified atom stereocenters. The molecule has 0 bridgehead atoms. The van der Waals surface area contributed by atoms with Crippen LogP contribution in [0.15, 0.2) is 12.4 Å². The van der Waals surface area contributed by atoms with Crippen molar-refractivity contribution >= 4 is 23.1 Å². The molecule has 18 heavy (non-hydrogen) atoms. The van der Waals surface area contributed by atoms with E-state index in [1.54, 1.807) is 10.7 Å². The summed E-state index contributed by atoms with van der Waals surface area (Å²) in [5, 5.41) is 11.7. The van der Waals surface area contributed by atoms with Gasteiger partial charge in [0.2, 0.25) is 0 Å². The summed E-state index contributed by atoms with van der Waals surface area (Å²) < 4.78 is 1.76. The predicted octanol–water partition coefficient (Wildman–Crippen LogP) is 1.51. The van der Waals surface area contributed by atoms with Crippen LogP contribution in [0, 0.1) is 0 Å². The lowest BCUT2D eigenvalue weighted by atomic mass is 10.1. The van der Waals surface area contributed by atoms with E-state index in [-0.39, 0.29) is 0 Å². The van der Waals surface area contributed by atoms with Crippen molar-refractivity contribution in [3.8, 4) is 0 Å². The van der Waals surface area contributed by atoms with Gasteiger partial charge >= 0.3 is 0 Å². The zero-order valence-corrected chi connectivity index (χ0v) is 10.8. The second-order valence-electron chi connectivity index (χ2n) is 4.54. The molecule has 0 aromatic carbocycles. The molecule has 3 heterocycles. The maximum atomic E-state index is 5.78. The Morgan fingerprint density at radius 3 is 3.22 bits per heavy atom. The number of tetrazole rings is 1. The van der Waals surface area contributed by atoms with Crippen LogP contribution < -0.4 is 4.90 Å². The van der Waals surface area contributed by atoms with Crippen molar-refractivity contribution in [1.29, 1.82) is 0 Å². The summed E-state index contributed by atoms with van der Waals surface area (Å²) in [4.78, 5) is 6.56. The van der Waals surface area contributed by atoms with E-state index in [0.29, 0.717) is 11.7 Å². The molecule has 96 valence electrons. The van der Waals surface area contributed by atoms with Gasteiger partial charge in [-0.1, -0.05) is 0 Å². The van der Waals surface area contributed by atoms with Gasteiger partial charge in [-0.3, -0.25) is 4.98 Å². The van der Waals surface area contributed by atoms with Gasteiger partial charge in [-0.2, -0.15) is 4.52 Å². The number of hydrogen-bond donors (Lipinski definition) is 0. The highest BCUT2D eigenvalue weighted by Crippen LogP contribution is 2.27. The summed E-state index contributed by atoms with van der Waals surface area (Å²) >= 11 is 5.78. The SMILES string of the molecule is ClCCCC1CCCN1c1cncc2nnnn12. The third-order valence-electron chi connectivity index (χ3n) is 3.43. The van der Waals surface area contributed by atoms with E-state index < -0.39 is 0 Å². The lowest BCUT2D eigenvalue weighted by molar-refractivity contribution is 0.592. The molecule has 1 aliphatic rings. The minimum Gasteiger partial charge on any atom is -0.352 e. The van der Waals surface area contributed by atoms with Crippen LogP contribution in [0.1, 0.15) is 25.7 Å². The molecular formula is C11H15ClN6. The standard InChI is InChI=1S/C11H15ClN6/c12-5-1-3-9-4-2-6-17(9)11-8-13-7-10-14-15-16-18(10)11/h7-9H,1-6H2. The topological polar surface area (TPSA) is 59.2 Å². The Labute approximate surface area is 110 Å². The molecule has 3 rings (SSSR count). The summed E-state index contributed by atoms with van der Waals surface area (Å²) in [6.45, 7) is 1.04. The van der Waals surface area contributed by atoms with Crippen LogP contribution in [0.5, 0.6) is 0 Å². The largest absolute Gasteiger partial charge is 0.352 e. The molecule has 1 fully saturated rings. The molecule has 0 aliphatic carbocycles. The number of anilines is 1. The van der Waals surface area contributed by atoms with Crippen LogP contribution in [0.3, 0.4) is 0 Å². The Morgan fingerprint density at radius 1 is 1.39 bits per heavy atom. The molecule has 1 aliphatic heterocycles. The quantitative estimate of drug-likeness (QED) is 0.785. The highest BCUT2D eigenvalue weighted by Gasteiger charge is 2.26. The summed E-state index contributed by atoms with van der Waals surface area (Å²) in [5.74, 6) is 1.70. The molecule has 0 saturated carbocycles. The van der Waals surface area contributed by atoms with Crippen molar-refractivity contribution in [2.75, 3.05) is 17.3 Å². The van der Waals surface area contributed by atoms with Crippen LogP contribution in [-0.2, 0) is 0 Å². The lowest BCUT2D eigenvalue weighted by Crippen LogP contribution is -2.31.